The minimum Gasteiger partial charge on any atom is -0.496 e. The number of hydrogen-bond acceptors (Lipinski definition) is 5. The predicted octanol–water partition coefficient (Wildman–Crippen LogP) is 7.19. The fraction of sp³-hybridized carbons (Fsp3) is 0.133. The van der Waals surface area contributed by atoms with Crippen molar-refractivity contribution in [2.24, 2.45) is 0 Å². The van der Waals surface area contributed by atoms with Crippen molar-refractivity contribution in [1.29, 1.82) is 0 Å². The molecule has 0 atom stereocenters. The topological polar surface area (TPSA) is 61.8 Å². The highest BCUT2D eigenvalue weighted by molar-refractivity contribution is 5.94. The van der Waals surface area contributed by atoms with Crippen LogP contribution in [0, 0.1) is 13.8 Å². The third-order valence-corrected chi connectivity index (χ3v) is 5.69. The Morgan fingerprint density at radius 3 is 1.57 bits per heavy atom. The zero-order chi connectivity index (χ0) is 24.9. The lowest BCUT2D eigenvalue weighted by molar-refractivity contribution is 0.0733. The monoisotopic (exact) mass is 466 g/mol. The molecule has 0 aliphatic rings. The first-order valence-electron chi connectivity index (χ1n) is 11.2. The van der Waals surface area contributed by atoms with Gasteiger partial charge in [0.1, 0.15) is 23.0 Å². The molecule has 0 heterocycles. The highest BCUT2D eigenvalue weighted by atomic mass is 16.5. The van der Waals surface area contributed by atoms with Gasteiger partial charge in [-0.3, -0.25) is 4.79 Å². The lowest BCUT2D eigenvalue weighted by Gasteiger charge is -2.12. The number of carbonyl (C=O) groups excluding carboxylic acids is 2. The Bertz CT molecular complexity index is 1370. The van der Waals surface area contributed by atoms with E-state index in [1.54, 1.807) is 55.6 Å². The summed E-state index contributed by atoms with van der Waals surface area (Å²) in [7, 11) is 1.66. The molecular weight excluding hydrogens is 440 g/mol. The maximum Gasteiger partial charge on any atom is 0.343 e. The maximum atomic E-state index is 12.7. The van der Waals surface area contributed by atoms with Gasteiger partial charge in [-0.1, -0.05) is 12.1 Å². The Morgan fingerprint density at radius 2 is 1.11 bits per heavy atom. The molecule has 0 aromatic heterocycles. The van der Waals surface area contributed by atoms with Gasteiger partial charge in [0.05, 0.1) is 12.7 Å². The summed E-state index contributed by atoms with van der Waals surface area (Å²) in [5.41, 5.74) is 5.05. The van der Waals surface area contributed by atoms with Crippen LogP contribution in [-0.4, -0.2) is 18.9 Å². The second kappa shape index (κ2) is 10.3. The van der Waals surface area contributed by atoms with Gasteiger partial charge in [0.15, 0.2) is 5.78 Å². The summed E-state index contributed by atoms with van der Waals surface area (Å²) in [6.07, 6.45) is 0. The molecule has 5 nitrogen and oxygen atoms in total. The molecule has 0 N–H and O–H groups in total. The van der Waals surface area contributed by atoms with Crippen LogP contribution in [0.1, 0.15) is 38.8 Å². The van der Waals surface area contributed by atoms with E-state index in [1.807, 2.05) is 44.2 Å². The first kappa shape index (κ1) is 23.8. The number of Topliss-reactive ketones (excluding diaryl/α,β-unsaturated/α-hetero) is 1. The number of ether oxygens (including phenoxy) is 3. The second-order valence-electron chi connectivity index (χ2n) is 8.26. The second-order valence-corrected chi connectivity index (χ2v) is 8.26. The third kappa shape index (κ3) is 5.58. The average Bonchev–Trinajstić information content (AvgIpc) is 2.86. The van der Waals surface area contributed by atoms with Crippen LogP contribution in [0.4, 0.5) is 0 Å². The van der Waals surface area contributed by atoms with Gasteiger partial charge in [0.2, 0.25) is 0 Å². The van der Waals surface area contributed by atoms with E-state index >= 15 is 0 Å². The summed E-state index contributed by atoms with van der Waals surface area (Å²) in [4.78, 5) is 24.1. The quantitative estimate of drug-likeness (QED) is 0.164. The van der Waals surface area contributed by atoms with E-state index < -0.39 is 5.97 Å². The van der Waals surface area contributed by atoms with Crippen LogP contribution in [0.3, 0.4) is 0 Å². The van der Waals surface area contributed by atoms with Crippen LogP contribution < -0.4 is 14.2 Å². The van der Waals surface area contributed by atoms with Gasteiger partial charge in [-0.05, 0) is 116 Å². The normalized spacial score (nSPS) is 10.5. The molecule has 0 amide bonds. The molecule has 4 aromatic rings. The van der Waals surface area contributed by atoms with Crippen molar-refractivity contribution < 1.29 is 23.8 Å². The zero-order valence-corrected chi connectivity index (χ0v) is 20.1. The van der Waals surface area contributed by atoms with Crippen LogP contribution in [0.15, 0.2) is 84.9 Å². The molecule has 35 heavy (non-hydrogen) atoms. The van der Waals surface area contributed by atoms with Gasteiger partial charge in [-0.2, -0.15) is 0 Å². The number of ketones is 1. The number of methoxy groups -OCH3 is 1. The number of carbonyl (C=O) groups is 2. The Kier molecular flexibility index (Phi) is 6.97. The molecule has 0 aliphatic heterocycles. The van der Waals surface area contributed by atoms with Crippen LogP contribution >= 0.6 is 0 Å². The van der Waals surface area contributed by atoms with Crippen molar-refractivity contribution in [3.63, 3.8) is 0 Å². The molecule has 0 aliphatic carbocycles. The molecule has 0 bridgehead atoms. The maximum absolute atomic E-state index is 12.7. The molecule has 0 spiro atoms. The first-order chi connectivity index (χ1) is 16.8. The van der Waals surface area contributed by atoms with Crippen LogP contribution in [0.5, 0.6) is 23.0 Å². The van der Waals surface area contributed by atoms with Crippen molar-refractivity contribution in [3.05, 3.63) is 107 Å². The summed E-state index contributed by atoms with van der Waals surface area (Å²) in [5, 5.41) is 0. The van der Waals surface area contributed by atoms with Gasteiger partial charge in [-0.15, -0.1) is 0 Å². The van der Waals surface area contributed by atoms with Crippen LogP contribution in [0.2, 0.25) is 0 Å². The lowest BCUT2D eigenvalue weighted by Crippen LogP contribution is -2.09. The summed E-state index contributed by atoms with van der Waals surface area (Å²) in [6.45, 7) is 5.44. The molecule has 176 valence electrons. The Hall–Kier alpha value is -4.38. The molecule has 0 fully saturated rings. The van der Waals surface area contributed by atoms with Crippen molar-refractivity contribution >= 4 is 11.8 Å². The van der Waals surface area contributed by atoms with Gasteiger partial charge in [0, 0.05) is 5.56 Å². The van der Waals surface area contributed by atoms with Gasteiger partial charge >= 0.3 is 5.97 Å². The minimum atomic E-state index is -0.446. The van der Waals surface area contributed by atoms with Crippen molar-refractivity contribution in [3.8, 4) is 34.1 Å². The zero-order valence-electron chi connectivity index (χ0n) is 20.1. The largest absolute Gasteiger partial charge is 0.496 e. The van der Waals surface area contributed by atoms with Gasteiger partial charge in [0.25, 0.3) is 0 Å². The van der Waals surface area contributed by atoms with Crippen molar-refractivity contribution in [1.82, 2.24) is 0 Å². The Morgan fingerprint density at radius 1 is 0.629 bits per heavy atom. The summed E-state index contributed by atoms with van der Waals surface area (Å²) in [6, 6.07) is 25.4. The van der Waals surface area contributed by atoms with E-state index in [1.165, 1.54) is 6.92 Å². The van der Waals surface area contributed by atoms with Crippen molar-refractivity contribution in [2.75, 3.05) is 7.11 Å². The SMILES string of the molecule is COc1ccc(-c2ccc(OC(=O)c3ccc(Oc4ccc(C(C)=O)cc4)cc3)c(C)c2)cc1C. The van der Waals surface area contributed by atoms with E-state index in [0.717, 1.165) is 28.0 Å². The molecule has 0 unspecified atom stereocenters. The van der Waals surface area contributed by atoms with E-state index in [9.17, 15) is 9.59 Å². The summed E-state index contributed by atoms with van der Waals surface area (Å²) in [5.74, 6) is 2.09. The first-order valence-corrected chi connectivity index (χ1v) is 11.2. The predicted molar refractivity (Wildman–Crippen MR) is 136 cm³/mol. The van der Waals surface area contributed by atoms with Crippen molar-refractivity contribution in [2.45, 2.75) is 20.8 Å². The third-order valence-electron chi connectivity index (χ3n) is 5.69. The fourth-order valence-electron chi connectivity index (χ4n) is 3.71. The van der Waals surface area contributed by atoms with E-state index in [0.29, 0.717) is 28.4 Å². The molecule has 0 saturated carbocycles. The Labute approximate surface area is 204 Å². The number of benzene rings is 4. The Balaban J connectivity index is 1.42. The van der Waals surface area contributed by atoms with E-state index in [2.05, 4.69) is 6.07 Å². The molecule has 0 saturated heterocycles. The number of rotatable bonds is 7. The molecule has 4 rings (SSSR count). The molecule has 0 radical (unpaired) electrons. The summed E-state index contributed by atoms with van der Waals surface area (Å²) >= 11 is 0. The number of aryl methyl sites for hydroxylation is 2. The number of hydrogen-bond donors (Lipinski definition) is 0. The summed E-state index contributed by atoms with van der Waals surface area (Å²) < 4.78 is 16.8. The lowest BCUT2D eigenvalue weighted by atomic mass is 10.0. The smallest absolute Gasteiger partial charge is 0.343 e. The van der Waals surface area contributed by atoms with E-state index in [4.69, 9.17) is 14.2 Å². The molecule has 4 aromatic carbocycles. The molecule has 5 heteroatoms. The number of esters is 1. The minimum absolute atomic E-state index is 0.000112. The fourth-order valence-corrected chi connectivity index (χ4v) is 3.71. The molecular formula is C30H26O5. The standard InChI is InChI=1S/C30H26O5/c1-19-17-24(9-15-28(19)33-4)25-10-16-29(20(2)18-25)35-30(32)23-7-13-27(14-8-23)34-26-11-5-22(6-12-26)21(3)31/h5-18H,1-4H3. The highest BCUT2D eigenvalue weighted by Crippen LogP contribution is 2.30. The highest BCUT2D eigenvalue weighted by Gasteiger charge is 2.12. The van der Waals surface area contributed by atoms with Gasteiger partial charge < -0.3 is 14.2 Å². The van der Waals surface area contributed by atoms with E-state index in [-0.39, 0.29) is 5.78 Å². The van der Waals surface area contributed by atoms with Gasteiger partial charge in [-0.25, -0.2) is 4.79 Å². The van der Waals surface area contributed by atoms with Crippen LogP contribution in [-0.2, 0) is 0 Å². The average molecular weight is 467 g/mol. The van der Waals surface area contributed by atoms with Crippen LogP contribution in [0.25, 0.3) is 11.1 Å².